The van der Waals surface area contributed by atoms with E-state index in [4.69, 9.17) is 5.73 Å². The number of allylic oxidation sites excluding steroid dienone is 1. The molecule has 1 aromatic carbocycles. The highest BCUT2D eigenvalue weighted by molar-refractivity contribution is 6.24. The van der Waals surface area contributed by atoms with Gasteiger partial charge in [0, 0.05) is 35.2 Å². The van der Waals surface area contributed by atoms with Gasteiger partial charge in [0.15, 0.2) is 11.4 Å². The summed E-state index contributed by atoms with van der Waals surface area (Å²) in [6.07, 6.45) is -0.274. The van der Waals surface area contributed by atoms with Crippen LogP contribution in [-0.2, 0) is 22.6 Å². The Morgan fingerprint density at radius 3 is 2.44 bits per heavy atom. The Labute approximate surface area is 224 Å². The first-order valence-electron chi connectivity index (χ1n) is 12.7. The van der Waals surface area contributed by atoms with Crippen LogP contribution in [-0.4, -0.2) is 86.3 Å². The van der Waals surface area contributed by atoms with Gasteiger partial charge in [-0.25, -0.2) is 4.39 Å². The highest BCUT2D eigenvalue weighted by atomic mass is 19.1. The molecule has 3 aliphatic carbocycles. The summed E-state index contributed by atoms with van der Waals surface area (Å²) in [6, 6.07) is -0.369. The number of aliphatic hydroxyl groups is 4. The molecule has 212 valence electrons. The summed E-state index contributed by atoms with van der Waals surface area (Å²) < 4.78 is 15.7. The molecule has 12 heteroatoms. The van der Waals surface area contributed by atoms with E-state index >= 15 is 4.39 Å². The molecule has 0 spiro atoms. The number of carbonyl (C=O) groups is 3. The molecule has 11 nitrogen and oxygen atoms in total. The van der Waals surface area contributed by atoms with Gasteiger partial charge in [-0.3, -0.25) is 19.3 Å². The van der Waals surface area contributed by atoms with Crippen molar-refractivity contribution >= 4 is 17.5 Å². The van der Waals surface area contributed by atoms with Crippen molar-refractivity contribution in [1.82, 2.24) is 10.2 Å². The number of fused-ring (bicyclic) bond motifs is 3. The van der Waals surface area contributed by atoms with Crippen molar-refractivity contribution in [1.29, 1.82) is 0 Å². The molecule has 0 aromatic heterocycles. The Kier molecular flexibility index (Phi) is 7.36. The lowest BCUT2D eigenvalue weighted by Crippen LogP contribution is -2.63. The molecular formula is C27H34FN3O8. The number of Topliss-reactive ketones (excluding diaryl/α,β-unsaturated/α-hetero) is 2. The monoisotopic (exact) mass is 547 g/mol. The summed E-state index contributed by atoms with van der Waals surface area (Å²) in [5, 5.41) is 57.0. The fourth-order valence-electron chi connectivity index (χ4n) is 6.23. The van der Waals surface area contributed by atoms with Crippen LogP contribution in [0.15, 0.2) is 28.7 Å². The molecule has 0 radical (unpaired) electrons. The van der Waals surface area contributed by atoms with E-state index in [0.717, 1.165) is 6.07 Å². The number of amides is 1. The van der Waals surface area contributed by atoms with Gasteiger partial charge in [0.1, 0.15) is 28.7 Å². The number of primary amides is 1. The Hall–Kier alpha value is -3.32. The molecule has 1 aromatic rings. The van der Waals surface area contributed by atoms with Gasteiger partial charge in [-0.15, -0.1) is 0 Å². The summed E-state index contributed by atoms with van der Waals surface area (Å²) in [5.41, 5.74) is 0.932. The van der Waals surface area contributed by atoms with E-state index in [-0.39, 0.29) is 60.2 Å². The number of phenolic OH excluding ortho intramolecular Hbond substituents is 1. The number of benzene rings is 1. The third kappa shape index (κ3) is 4.22. The Morgan fingerprint density at radius 2 is 1.90 bits per heavy atom. The van der Waals surface area contributed by atoms with Crippen LogP contribution >= 0.6 is 0 Å². The Balaban J connectivity index is 1.83. The maximum Gasteiger partial charge on any atom is 0.255 e. The lowest BCUT2D eigenvalue weighted by molar-refractivity contribution is -0.148. The lowest BCUT2D eigenvalue weighted by atomic mass is 9.58. The van der Waals surface area contributed by atoms with Crippen LogP contribution in [0.5, 0.6) is 5.75 Å². The van der Waals surface area contributed by atoms with Crippen LogP contribution in [0.2, 0.25) is 0 Å². The smallest absolute Gasteiger partial charge is 0.255 e. The molecule has 3 aliphatic rings. The Bertz CT molecular complexity index is 1320. The van der Waals surface area contributed by atoms with Crippen LogP contribution < -0.4 is 11.1 Å². The zero-order valence-electron chi connectivity index (χ0n) is 22.2. The first-order valence-corrected chi connectivity index (χ1v) is 12.7. The van der Waals surface area contributed by atoms with E-state index in [1.165, 1.54) is 19.0 Å². The average molecular weight is 548 g/mol. The molecule has 0 heterocycles. The van der Waals surface area contributed by atoms with Gasteiger partial charge in [-0.1, -0.05) is 13.8 Å². The predicted molar refractivity (Wildman–Crippen MR) is 136 cm³/mol. The van der Waals surface area contributed by atoms with Crippen LogP contribution in [0.1, 0.15) is 41.8 Å². The minimum atomic E-state index is -2.75. The minimum Gasteiger partial charge on any atom is -0.510 e. The van der Waals surface area contributed by atoms with Crippen LogP contribution in [0.4, 0.5) is 4.39 Å². The van der Waals surface area contributed by atoms with E-state index in [1.807, 2.05) is 13.8 Å². The van der Waals surface area contributed by atoms with E-state index in [9.17, 15) is 39.9 Å². The fraction of sp³-hybridized carbons (Fsp3) is 0.519. The number of hydrogen-bond donors (Lipinski definition) is 7. The molecule has 39 heavy (non-hydrogen) atoms. The number of phenols is 1. The normalized spacial score (nSPS) is 27.6. The van der Waals surface area contributed by atoms with Crippen molar-refractivity contribution in [3.63, 3.8) is 0 Å². The zero-order valence-corrected chi connectivity index (χ0v) is 22.2. The number of rotatable bonds is 7. The highest BCUT2D eigenvalue weighted by Crippen LogP contribution is 2.52. The van der Waals surface area contributed by atoms with Crippen LogP contribution in [0.25, 0.3) is 0 Å². The minimum absolute atomic E-state index is 0.0307. The topological polar surface area (TPSA) is 194 Å². The molecule has 8 N–H and O–H groups in total. The van der Waals surface area contributed by atoms with Gasteiger partial charge >= 0.3 is 0 Å². The maximum absolute atomic E-state index is 15.7. The number of nitrogens with zero attached hydrogens (tertiary/aromatic N) is 1. The molecule has 0 aliphatic heterocycles. The quantitative estimate of drug-likeness (QED) is 0.234. The number of nitrogens with one attached hydrogen (secondary N) is 1. The molecule has 1 amide bonds. The number of hydrogen-bond acceptors (Lipinski definition) is 10. The predicted octanol–water partition coefficient (Wildman–Crippen LogP) is 0.366. The summed E-state index contributed by atoms with van der Waals surface area (Å²) in [4.78, 5) is 40.3. The standard InChI is InChI=1S/C27H34FN3O8/c1-10(2)15(9-32)30-8-12-7-16(33)18-13(20(12)28)5-11-6-14-21(31(3)4)23(35)19(26(29)38)25(37)27(14,39)24(36)17(11)22(18)34/h7,10-11,14-15,21,30,32-33,35-36,39H,5-6,8-9H2,1-4H3,(H2,29,38)/t11-,14-,15+,21-,27-/m0/s1. The van der Waals surface area contributed by atoms with Gasteiger partial charge in [0.05, 0.1) is 18.2 Å². The van der Waals surface area contributed by atoms with E-state index in [1.54, 1.807) is 0 Å². The molecule has 0 unspecified atom stereocenters. The third-order valence-corrected chi connectivity index (χ3v) is 8.29. The second-order valence-corrected chi connectivity index (χ2v) is 11.1. The van der Waals surface area contributed by atoms with Crippen molar-refractivity contribution in [2.24, 2.45) is 23.5 Å². The summed E-state index contributed by atoms with van der Waals surface area (Å²) in [7, 11) is 3.06. The number of ketones is 2. The molecule has 0 saturated heterocycles. The van der Waals surface area contributed by atoms with Gasteiger partial charge in [-0.05, 0) is 44.8 Å². The second kappa shape index (κ2) is 10.0. The lowest BCUT2D eigenvalue weighted by Gasteiger charge is -2.50. The zero-order chi connectivity index (χ0) is 29.1. The first kappa shape index (κ1) is 28.7. The molecular weight excluding hydrogens is 513 g/mol. The van der Waals surface area contributed by atoms with Crippen molar-refractivity contribution in [3.8, 4) is 5.75 Å². The van der Waals surface area contributed by atoms with Crippen LogP contribution in [0, 0.1) is 23.6 Å². The molecule has 0 saturated carbocycles. The number of aliphatic hydroxyl groups excluding tert-OH is 3. The molecule has 0 fully saturated rings. The third-order valence-electron chi connectivity index (χ3n) is 8.29. The van der Waals surface area contributed by atoms with Gasteiger partial charge < -0.3 is 36.6 Å². The van der Waals surface area contributed by atoms with Crippen molar-refractivity contribution in [2.75, 3.05) is 20.7 Å². The summed E-state index contributed by atoms with van der Waals surface area (Å²) >= 11 is 0. The van der Waals surface area contributed by atoms with Crippen molar-refractivity contribution in [2.45, 2.75) is 50.9 Å². The summed E-state index contributed by atoms with van der Waals surface area (Å²) in [6.45, 7) is 3.55. The first-order chi connectivity index (χ1) is 18.2. The Morgan fingerprint density at radius 1 is 1.26 bits per heavy atom. The van der Waals surface area contributed by atoms with E-state index in [2.05, 4.69) is 5.32 Å². The number of carbonyl (C=O) groups excluding carboxylic acids is 3. The fourth-order valence-corrected chi connectivity index (χ4v) is 6.23. The number of halogens is 1. The van der Waals surface area contributed by atoms with E-state index < -0.39 is 69.6 Å². The number of nitrogens with two attached hydrogens (primary N) is 1. The average Bonchev–Trinajstić information content (AvgIpc) is 2.83. The number of likely N-dealkylation sites (N-methyl/N-ethyl adjacent to an activating group) is 1. The van der Waals surface area contributed by atoms with Crippen molar-refractivity contribution in [3.05, 3.63) is 51.2 Å². The van der Waals surface area contributed by atoms with Gasteiger partial charge in [-0.2, -0.15) is 0 Å². The molecule has 4 rings (SSSR count). The SMILES string of the molecule is CC(C)[C@@H](CO)NCc1cc(O)c2c(c1F)C[C@H]1C[C@H]3[C@H](N(C)C)C(O)=C(C(N)=O)C(=O)[C@@]3(O)C(O)=C1C2=O. The molecule has 5 atom stereocenters. The van der Waals surface area contributed by atoms with E-state index in [0.29, 0.717) is 0 Å². The number of aromatic hydroxyl groups is 1. The maximum atomic E-state index is 15.7. The molecule has 0 bridgehead atoms. The second-order valence-electron chi connectivity index (χ2n) is 11.1. The highest BCUT2D eigenvalue weighted by Gasteiger charge is 2.63. The van der Waals surface area contributed by atoms with Crippen LogP contribution in [0.3, 0.4) is 0 Å². The largest absolute Gasteiger partial charge is 0.510 e. The summed E-state index contributed by atoms with van der Waals surface area (Å²) in [5.74, 6) is -8.56. The van der Waals surface area contributed by atoms with Crippen molar-refractivity contribution < 1.29 is 44.3 Å². The van der Waals surface area contributed by atoms with Gasteiger partial charge in [0.25, 0.3) is 5.91 Å². The van der Waals surface area contributed by atoms with Gasteiger partial charge in [0.2, 0.25) is 5.78 Å².